The number of methoxy groups -OCH3 is 1. The molecule has 32 heavy (non-hydrogen) atoms. The minimum Gasteiger partial charge on any atom is -0.497 e. The van der Waals surface area contributed by atoms with Crippen LogP contribution in [-0.4, -0.2) is 31.0 Å². The third kappa shape index (κ3) is 4.02. The van der Waals surface area contributed by atoms with E-state index in [0.717, 1.165) is 10.5 Å². The molecule has 0 aliphatic carbocycles. The number of aryl methyl sites for hydroxylation is 1. The van der Waals surface area contributed by atoms with E-state index in [9.17, 15) is 18.0 Å². The normalized spacial score (nSPS) is 17.8. The number of hydrogen-bond donors (Lipinski definition) is 1. The molecule has 0 spiro atoms. The van der Waals surface area contributed by atoms with Crippen molar-refractivity contribution in [1.29, 1.82) is 0 Å². The molecule has 0 fully saturated rings. The minimum absolute atomic E-state index is 0.292. The summed E-state index contributed by atoms with van der Waals surface area (Å²) in [5.74, 6) is 0.206. The van der Waals surface area contributed by atoms with Crippen LogP contribution in [0.1, 0.15) is 23.1 Å². The Balaban J connectivity index is 1.88. The summed E-state index contributed by atoms with van der Waals surface area (Å²) in [5, 5.41) is 2.65. The number of amides is 2. The molecule has 0 saturated heterocycles. The second kappa shape index (κ2) is 8.94. The van der Waals surface area contributed by atoms with Crippen molar-refractivity contribution in [2.75, 3.05) is 19.0 Å². The summed E-state index contributed by atoms with van der Waals surface area (Å²) in [4.78, 5) is 14.2. The van der Waals surface area contributed by atoms with Crippen molar-refractivity contribution in [3.05, 3.63) is 95.3 Å². The zero-order valence-electron chi connectivity index (χ0n) is 17.5. The lowest BCUT2D eigenvalue weighted by Gasteiger charge is -2.48. The molecular weight excluding hydrogens is 417 g/mol. The number of benzene rings is 3. The summed E-state index contributed by atoms with van der Waals surface area (Å²) in [6.45, 7) is -0.778. The number of anilines is 1. The van der Waals surface area contributed by atoms with Gasteiger partial charge < -0.3 is 15.0 Å². The molecule has 0 saturated carbocycles. The first kappa shape index (κ1) is 21.7. The van der Waals surface area contributed by atoms with Crippen LogP contribution in [0.3, 0.4) is 0 Å². The number of rotatable bonds is 7. The lowest BCUT2D eigenvalue weighted by Crippen LogP contribution is -2.57. The van der Waals surface area contributed by atoms with Gasteiger partial charge in [-0.15, -0.1) is 0 Å². The van der Waals surface area contributed by atoms with Crippen LogP contribution in [0.2, 0.25) is 0 Å². The average Bonchev–Trinajstić information content (AvgIpc) is 2.80. The highest BCUT2D eigenvalue weighted by Gasteiger charge is 2.48. The van der Waals surface area contributed by atoms with Gasteiger partial charge in [0.1, 0.15) is 11.6 Å². The number of carbonyl (C=O) groups excluding carboxylic acids is 1. The fourth-order valence-corrected chi connectivity index (χ4v) is 4.40. The molecule has 3 aromatic carbocycles. The monoisotopic (exact) mass is 440 g/mol. The summed E-state index contributed by atoms with van der Waals surface area (Å²) in [7, 11) is 1.58. The Morgan fingerprint density at radius 1 is 1.03 bits per heavy atom. The number of hydrogen-bond acceptors (Lipinski definition) is 2. The highest BCUT2D eigenvalue weighted by Crippen LogP contribution is 2.47. The number of halogens is 3. The van der Waals surface area contributed by atoms with Gasteiger partial charge in [-0.2, -0.15) is 0 Å². The molecule has 166 valence electrons. The van der Waals surface area contributed by atoms with Crippen LogP contribution in [0.4, 0.5) is 23.7 Å². The minimum atomic E-state index is -2.75. The maximum Gasteiger partial charge on any atom is 0.323 e. The van der Waals surface area contributed by atoms with E-state index in [2.05, 4.69) is 5.32 Å². The lowest BCUT2D eigenvalue weighted by atomic mass is 9.75. The van der Waals surface area contributed by atoms with Crippen molar-refractivity contribution in [2.45, 2.75) is 24.8 Å². The molecule has 1 aliphatic heterocycles. The lowest BCUT2D eigenvalue weighted by molar-refractivity contribution is 0.0556. The Morgan fingerprint density at radius 3 is 2.41 bits per heavy atom. The van der Waals surface area contributed by atoms with E-state index in [0.29, 0.717) is 35.4 Å². The van der Waals surface area contributed by atoms with Crippen molar-refractivity contribution < 1.29 is 22.7 Å². The number of ether oxygens (including phenoxy) is 1. The molecule has 2 amide bonds. The average molecular weight is 440 g/mol. The fraction of sp³-hybridized carbons (Fsp3) is 0.240. The SMILES string of the molecule is COc1ccc(CCC2(c3ccccc3)c3cc(F)ccc3NC(=O)N2CC(F)F)cc1. The number of nitrogens with zero attached hydrogens (tertiary/aromatic N) is 1. The van der Waals surface area contributed by atoms with Crippen molar-refractivity contribution in [3.8, 4) is 5.75 Å². The molecule has 1 N–H and O–H groups in total. The topological polar surface area (TPSA) is 41.6 Å². The van der Waals surface area contributed by atoms with Gasteiger partial charge in [-0.3, -0.25) is 0 Å². The van der Waals surface area contributed by atoms with Crippen LogP contribution in [-0.2, 0) is 12.0 Å². The molecule has 1 unspecified atom stereocenters. The molecule has 1 heterocycles. The van der Waals surface area contributed by atoms with Crippen molar-refractivity contribution in [3.63, 3.8) is 0 Å². The molecule has 0 aromatic heterocycles. The van der Waals surface area contributed by atoms with Crippen molar-refractivity contribution in [1.82, 2.24) is 4.90 Å². The van der Waals surface area contributed by atoms with E-state index < -0.39 is 30.4 Å². The molecule has 1 atom stereocenters. The molecule has 0 radical (unpaired) electrons. The van der Waals surface area contributed by atoms with Gasteiger partial charge in [0.15, 0.2) is 0 Å². The number of nitrogens with one attached hydrogen (secondary N) is 1. The number of carbonyl (C=O) groups is 1. The summed E-state index contributed by atoms with van der Waals surface area (Å²) >= 11 is 0. The van der Waals surface area contributed by atoms with E-state index in [1.54, 1.807) is 31.4 Å². The molecule has 4 rings (SSSR count). The van der Waals surface area contributed by atoms with Gasteiger partial charge in [-0.1, -0.05) is 42.5 Å². The van der Waals surface area contributed by atoms with Gasteiger partial charge in [-0.25, -0.2) is 18.0 Å². The predicted molar refractivity (Wildman–Crippen MR) is 117 cm³/mol. The smallest absolute Gasteiger partial charge is 0.323 e. The number of urea groups is 1. The van der Waals surface area contributed by atoms with Gasteiger partial charge >= 0.3 is 6.03 Å². The fourth-order valence-electron chi connectivity index (χ4n) is 4.40. The quantitative estimate of drug-likeness (QED) is 0.503. The van der Waals surface area contributed by atoms with Crippen molar-refractivity contribution >= 4 is 11.7 Å². The predicted octanol–water partition coefficient (Wildman–Crippen LogP) is 5.82. The summed E-state index contributed by atoms with van der Waals surface area (Å²) in [6, 6.07) is 19.8. The van der Waals surface area contributed by atoms with E-state index in [1.165, 1.54) is 18.2 Å². The maximum atomic E-state index is 14.4. The van der Waals surface area contributed by atoms with Gasteiger partial charge in [0.25, 0.3) is 6.43 Å². The molecule has 1 aliphatic rings. The zero-order valence-corrected chi connectivity index (χ0v) is 17.5. The van der Waals surface area contributed by atoms with Gasteiger partial charge in [0.05, 0.1) is 19.2 Å². The summed E-state index contributed by atoms with van der Waals surface area (Å²) in [6.07, 6.45) is -1.98. The Bertz CT molecular complexity index is 1090. The molecule has 4 nitrogen and oxygen atoms in total. The van der Waals surface area contributed by atoms with E-state index in [-0.39, 0.29) is 0 Å². The molecule has 0 bridgehead atoms. The van der Waals surface area contributed by atoms with E-state index >= 15 is 0 Å². The van der Waals surface area contributed by atoms with Crippen LogP contribution in [0.25, 0.3) is 0 Å². The zero-order chi connectivity index (χ0) is 22.7. The van der Waals surface area contributed by atoms with Crippen LogP contribution in [0.5, 0.6) is 5.75 Å². The summed E-state index contributed by atoms with van der Waals surface area (Å²) in [5.41, 5.74) is 1.20. The van der Waals surface area contributed by atoms with E-state index in [4.69, 9.17) is 4.74 Å². The highest BCUT2D eigenvalue weighted by molar-refractivity contribution is 5.94. The van der Waals surface area contributed by atoms with Crippen molar-refractivity contribution in [2.24, 2.45) is 0 Å². The first-order valence-electron chi connectivity index (χ1n) is 10.3. The second-order valence-corrected chi connectivity index (χ2v) is 7.70. The Kier molecular flexibility index (Phi) is 6.08. The third-order valence-corrected chi connectivity index (χ3v) is 5.88. The van der Waals surface area contributed by atoms with E-state index in [1.807, 2.05) is 30.3 Å². The molecular formula is C25H23F3N2O2. The first-order valence-corrected chi connectivity index (χ1v) is 10.3. The van der Waals surface area contributed by atoms with Gasteiger partial charge in [0, 0.05) is 11.3 Å². The second-order valence-electron chi connectivity index (χ2n) is 7.70. The van der Waals surface area contributed by atoms with Crippen LogP contribution in [0, 0.1) is 5.82 Å². The van der Waals surface area contributed by atoms with Gasteiger partial charge in [0.2, 0.25) is 0 Å². The Hall–Kier alpha value is -3.48. The van der Waals surface area contributed by atoms with Crippen LogP contribution >= 0.6 is 0 Å². The summed E-state index contributed by atoms with van der Waals surface area (Å²) < 4.78 is 46.9. The molecule has 7 heteroatoms. The Morgan fingerprint density at radius 2 is 1.75 bits per heavy atom. The number of fused-ring (bicyclic) bond motifs is 1. The largest absolute Gasteiger partial charge is 0.497 e. The van der Waals surface area contributed by atoms with Gasteiger partial charge in [-0.05, 0) is 54.3 Å². The van der Waals surface area contributed by atoms with Crippen LogP contribution in [0.15, 0.2) is 72.8 Å². The Labute approximate surface area is 184 Å². The highest BCUT2D eigenvalue weighted by atomic mass is 19.3. The first-order chi connectivity index (χ1) is 15.4. The standard InChI is InChI=1S/C25H23F3N2O2/c1-32-20-10-7-17(8-11-20)13-14-25(18-5-3-2-4-6-18)21-15-19(26)9-12-22(21)29-24(31)30(25)16-23(27)28/h2-12,15,23H,13-14,16H2,1H3,(H,29,31). The number of alkyl halides is 2. The third-order valence-electron chi connectivity index (χ3n) is 5.88. The molecule has 3 aromatic rings. The van der Waals surface area contributed by atoms with Crippen LogP contribution < -0.4 is 10.1 Å². The maximum absolute atomic E-state index is 14.4.